The van der Waals surface area contributed by atoms with Crippen molar-refractivity contribution in [2.45, 2.75) is 38.0 Å². The number of nitriles is 1. The third kappa shape index (κ3) is 2.44. The molecule has 0 aromatic heterocycles. The summed E-state index contributed by atoms with van der Waals surface area (Å²) in [6, 6.07) is 7.94. The molecule has 0 amide bonds. The Morgan fingerprint density at radius 1 is 1.29 bits per heavy atom. The first kappa shape index (κ1) is 12.7. The van der Waals surface area contributed by atoms with Crippen molar-refractivity contribution in [1.29, 1.82) is 5.26 Å². The van der Waals surface area contributed by atoms with E-state index in [9.17, 15) is 5.26 Å². The molecular weight excluding hydrogens is 253 g/mol. The number of benzene rings is 1. The number of hydrogen-bond acceptors (Lipinski definition) is 1. The lowest BCUT2D eigenvalue weighted by Crippen LogP contribution is -2.30. The molecule has 1 aliphatic carbocycles. The minimum Gasteiger partial charge on any atom is -0.197 e. The molecule has 0 spiro atoms. The third-order valence-electron chi connectivity index (χ3n) is 3.79. The van der Waals surface area contributed by atoms with Crippen LogP contribution < -0.4 is 0 Å². The Kier molecular flexibility index (Phi) is 3.66. The predicted molar refractivity (Wildman–Crippen MR) is 71.4 cm³/mol. The molecule has 1 aliphatic rings. The zero-order chi connectivity index (χ0) is 12.5. The van der Waals surface area contributed by atoms with Crippen molar-refractivity contribution in [2.75, 3.05) is 0 Å². The molecule has 0 N–H and O–H groups in total. The normalized spacial score (nSPS) is 28.7. The van der Waals surface area contributed by atoms with Gasteiger partial charge in [0.05, 0.1) is 11.5 Å². The van der Waals surface area contributed by atoms with E-state index < -0.39 is 5.41 Å². The molecule has 0 aliphatic heterocycles. The van der Waals surface area contributed by atoms with Gasteiger partial charge >= 0.3 is 0 Å². The summed E-state index contributed by atoms with van der Waals surface area (Å²) in [6.07, 6.45) is 3.97. The van der Waals surface area contributed by atoms with Crippen molar-refractivity contribution in [3.63, 3.8) is 0 Å². The Labute approximate surface area is 112 Å². The Bertz CT molecular complexity index is 454. The summed E-state index contributed by atoms with van der Waals surface area (Å²) in [5.74, 6) is 0.711. The summed E-state index contributed by atoms with van der Waals surface area (Å²) in [4.78, 5) is 0. The quantitative estimate of drug-likeness (QED) is 0.705. The van der Waals surface area contributed by atoms with E-state index in [1.807, 2.05) is 12.1 Å². The van der Waals surface area contributed by atoms with Crippen LogP contribution in [-0.2, 0) is 5.41 Å². The molecule has 0 heterocycles. The summed E-state index contributed by atoms with van der Waals surface area (Å²) < 4.78 is 0. The largest absolute Gasteiger partial charge is 0.197 e. The highest BCUT2D eigenvalue weighted by Crippen LogP contribution is 2.43. The van der Waals surface area contributed by atoms with E-state index in [2.05, 4.69) is 13.0 Å². The van der Waals surface area contributed by atoms with Crippen LogP contribution >= 0.6 is 23.2 Å². The third-order valence-corrected chi connectivity index (χ3v) is 4.34. The van der Waals surface area contributed by atoms with Gasteiger partial charge in [-0.3, -0.25) is 0 Å². The summed E-state index contributed by atoms with van der Waals surface area (Å²) >= 11 is 12.1. The second kappa shape index (κ2) is 4.88. The van der Waals surface area contributed by atoms with Crippen LogP contribution in [0.15, 0.2) is 18.2 Å². The smallest absolute Gasteiger partial charge is 0.0836 e. The maximum atomic E-state index is 9.53. The predicted octanol–water partition coefficient (Wildman–Crippen LogP) is 4.96. The number of halogens is 2. The van der Waals surface area contributed by atoms with Gasteiger partial charge in [-0.2, -0.15) is 5.26 Å². The van der Waals surface area contributed by atoms with Crippen molar-refractivity contribution >= 4 is 23.2 Å². The van der Waals surface area contributed by atoms with Crippen LogP contribution in [0.3, 0.4) is 0 Å². The van der Waals surface area contributed by atoms with Gasteiger partial charge < -0.3 is 0 Å². The Hall–Kier alpha value is -0.710. The van der Waals surface area contributed by atoms with Crippen LogP contribution in [0.4, 0.5) is 0 Å². The van der Waals surface area contributed by atoms with E-state index in [4.69, 9.17) is 23.2 Å². The van der Waals surface area contributed by atoms with E-state index in [1.54, 1.807) is 6.07 Å². The molecule has 1 aromatic rings. The maximum Gasteiger partial charge on any atom is 0.0836 e. The van der Waals surface area contributed by atoms with E-state index in [0.717, 1.165) is 31.2 Å². The Morgan fingerprint density at radius 3 is 2.47 bits per heavy atom. The minimum atomic E-state index is -0.409. The van der Waals surface area contributed by atoms with Gasteiger partial charge in [0.2, 0.25) is 0 Å². The number of nitrogens with zero attached hydrogens (tertiary/aromatic N) is 1. The van der Waals surface area contributed by atoms with Gasteiger partial charge in [0, 0.05) is 10.0 Å². The SMILES string of the molecule is CC1CCC(C#N)(c2ccc(Cl)cc2Cl)CC1. The number of rotatable bonds is 1. The standard InChI is InChI=1S/C14H15Cl2N/c1-10-4-6-14(9-17,7-5-10)12-3-2-11(15)8-13(12)16/h2-3,8,10H,4-7H2,1H3. The second-order valence-electron chi connectivity index (χ2n) is 5.00. The molecule has 17 heavy (non-hydrogen) atoms. The molecule has 0 radical (unpaired) electrons. The van der Waals surface area contributed by atoms with Crippen LogP contribution in [0.5, 0.6) is 0 Å². The lowest BCUT2D eigenvalue weighted by molar-refractivity contribution is 0.294. The average Bonchev–Trinajstić information content (AvgIpc) is 2.31. The molecule has 0 saturated heterocycles. The topological polar surface area (TPSA) is 23.8 Å². The van der Waals surface area contributed by atoms with Gasteiger partial charge in [0.1, 0.15) is 0 Å². The lowest BCUT2D eigenvalue weighted by Gasteiger charge is -2.34. The van der Waals surface area contributed by atoms with Crippen molar-refractivity contribution < 1.29 is 0 Å². The molecule has 1 saturated carbocycles. The van der Waals surface area contributed by atoms with Gasteiger partial charge in [-0.15, -0.1) is 0 Å². The fourth-order valence-corrected chi connectivity index (χ4v) is 3.16. The average molecular weight is 268 g/mol. The maximum absolute atomic E-state index is 9.53. The summed E-state index contributed by atoms with van der Waals surface area (Å²) in [6.45, 7) is 2.24. The van der Waals surface area contributed by atoms with E-state index in [0.29, 0.717) is 16.0 Å². The van der Waals surface area contributed by atoms with Crippen LogP contribution in [-0.4, -0.2) is 0 Å². The Balaban J connectivity index is 2.39. The molecular formula is C14H15Cl2N. The van der Waals surface area contributed by atoms with E-state index >= 15 is 0 Å². The zero-order valence-corrected chi connectivity index (χ0v) is 11.4. The van der Waals surface area contributed by atoms with E-state index in [-0.39, 0.29) is 0 Å². The molecule has 1 nitrogen and oxygen atoms in total. The zero-order valence-electron chi connectivity index (χ0n) is 9.84. The van der Waals surface area contributed by atoms with Gasteiger partial charge in [0.25, 0.3) is 0 Å². The molecule has 1 fully saturated rings. The fraction of sp³-hybridized carbons (Fsp3) is 0.500. The summed E-state index contributed by atoms with van der Waals surface area (Å²) in [7, 11) is 0. The fourth-order valence-electron chi connectivity index (χ4n) is 2.57. The van der Waals surface area contributed by atoms with Gasteiger partial charge in [0.15, 0.2) is 0 Å². The van der Waals surface area contributed by atoms with Gasteiger partial charge in [-0.25, -0.2) is 0 Å². The molecule has 1 aromatic carbocycles. The first-order valence-electron chi connectivity index (χ1n) is 5.94. The van der Waals surface area contributed by atoms with Gasteiger partial charge in [-0.1, -0.05) is 36.2 Å². The van der Waals surface area contributed by atoms with Crippen molar-refractivity contribution in [1.82, 2.24) is 0 Å². The highest BCUT2D eigenvalue weighted by Gasteiger charge is 2.37. The van der Waals surface area contributed by atoms with Crippen LogP contribution in [0.25, 0.3) is 0 Å². The second-order valence-corrected chi connectivity index (χ2v) is 5.84. The van der Waals surface area contributed by atoms with Crippen molar-refractivity contribution in [3.8, 4) is 6.07 Å². The lowest BCUT2D eigenvalue weighted by atomic mass is 9.68. The molecule has 2 rings (SSSR count). The monoisotopic (exact) mass is 267 g/mol. The molecule has 3 heteroatoms. The minimum absolute atomic E-state index is 0.409. The van der Waals surface area contributed by atoms with Crippen LogP contribution in [0.2, 0.25) is 10.0 Å². The highest BCUT2D eigenvalue weighted by atomic mass is 35.5. The molecule has 0 bridgehead atoms. The summed E-state index contributed by atoms with van der Waals surface area (Å²) in [5, 5.41) is 10.8. The van der Waals surface area contributed by atoms with E-state index in [1.165, 1.54) is 0 Å². The molecule has 0 unspecified atom stereocenters. The van der Waals surface area contributed by atoms with Crippen molar-refractivity contribution in [2.24, 2.45) is 5.92 Å². The van der Waals surface area contributed by atoms with Crippen LogP contribution in [0.1, 0.15) is 38.2 Å². The molecule has 90 valence electrons. The molecule has 0 atom stereocenters. The van der Waals surface area contributed by atoms with Gasteiger partial charge in [-0.05, 0) is 49.3 Å². The summed E-state index contributed by atoms with van der Waals surface area (Å²) in [5.41, 5.74) is 0.534. The first-order valence-corrected chi connectivity index (χ1v) is 6.70. The number of hydrogen-bond donors (Lipinski definition) is 0. The first-order chi connectivity index (χ1) is 8.07. The van der Waals surface area contributed by atoms with Crippen LogP contribution in [0, 0.1) is 17.2 Å². The van der Waals surface area contributed by atoms with Crippen molar-refractivity contribution in [3.05, 3.63) is 33.8 Å². The highest BCUT2D eigenvalue weighted by molar-refractivity contribution is 6.35. The Morgan fingerprint density at radius 2 is 1.94 bits per heavy atom.